The van der Waals surface area contributed by atoms with Crippen molar-refractivity contribution in [2.45, 2.75) is 97.3 Å². The quantitative estimate of drug-likeness (QED) is 0.456. The Bertz CT molecular complexity index is 816. The Morgan fingerprint density at radius 2 is 1.59 bits per heavy atom. The SMILES string of the molecule is CCCCCCc1cc(Cc2cc(C)cc(C3CCCCC3)c2O)cc(C)c1O. The van der Waals surface area contributed by atoms with Crippen molar-refractivity contribution in [2.75, 3.05) is 0 Å². The zero-order valence-corrected chi connectivity index (χ0v) is 18.6. The van der Waals surface area contributed by atoms with Crippen LogP contribution in [0.15, 0.2) is 24.3 Å². The maximum absolute atomic E-state index is 11.1. The van der Waals surface area contributed by atoms with Gasteiger partial charge in [-0.15, -0.1) is 0 Å². The smallest absolute Gasteiger partial charge is 0.122 e. The van der Waals surface area contributed by atoms with Gasteiger partial charge >= 0.3 is 0 Å². The first kappa shape index (κ1) is 21.7. The predicted octanol–water partition coefficient (Wildman–Crippen LogP) is 7.48. The van der Waals surface area contributed by atoms with Crippen LogP contribution >= 0.6 is 0 Å². The van der Waals surface area contributed by atoms with E-state index >= 15 is 0 Å². The van der Waals surface area contributed by atoms with E-state index in [1.165, 1.54) is 62.5 Å². The summed E-state index contributed by atoms with van der Waals surface area (Å²) in [6.45, 7) is 6.34. The fourth-order valence-corrected chi connectivity index (χ4v) is 4.93. The molecule has 0 atom stereocenters. The lowest BCUT2D eigenvalue weighted by Crippen LogP contribution is -2.06. The number of phenolic OH excluding ortho intramolecular Hbond substituents is 2. The minimum Gasteiger partial charge on any atom is -0.507 e. The molecule has 0 heterocycles. The third-order valence-electron chi connectivity index (χ3n) is 6.54. The molecule has 0 saturated heterocycles. The number of aromatic hydroxyl groups is 2. The van der Waals surface area contributed by atoms with Crippen LogP contribution in [0.5, 0.6) is 11.5 Å². The average Bonchev–Trinajstić information content (AvgIpc) is 2.71. The fraction of sp³-hybridized carbons (Fsp3) is 0.556. The van der Waals surface area contributed by atoms with E-state index < -0.39 is 0 Å². The van der Waals surface area contributed by atoms with Gasteiger partial charge in [0.15, 0.2) is 0 Å². The molecule has 0 amide bonds. The summed E-state index contributed by atoms with van der Waals surface area (Å²) in [6.07, 6.45) is 12.7. The van der Waals surface area contributed by atoms with Crippen LogP contribution in [0.4, 0.5) is 0 Å². The van der Waals surface area contributed by atoms with Crippen molar-refractivity contribution in [3.63, 3.8) is 0 Å². The van der Waals surface area contributed by atoms with Gasteiger partial charge in [-0.25, -0.2) is 0 Å². The molecule has 1 aliphatic rings. The molecule has 1 saturated carbocycles. The number of unbranched alkanes of at least 4 members (excludes halogenated alkanes) is 3. The maximum Gasteiger partial charge on any atom is 0.122 e. The van der Waals surface area contributed by atoms with Crippen LogP contribution in [0.2, 0.25) is 0 Å². The highest BCUT2D eigenvalue weighted by atomic mass is 16.3. The van der Waals surface area contributed by atoms with Crippen molar-refractivity contribution in [2.24, 2.45) is 0 Å². The zero-order chi connectivity index (χ0) is 20.8. The predicted molar refractivity (Wildman–Crippen MR) is 122 cm³/mol. The van der Waals surface area contributed by atoms with Crippen molar-refractivity contribution < 1.29 is 10.2 Å². The van der Waals surface area contributed by atoms with Gasteiger partial charge in [-0.05, 0) is 73.3 Å². The molecule has 0 spiro atoms. The minimum absolute atomic E-state index is 0.446. The summed E-state index contributed by atoms with van der Waals surface area (Å²) in [5, 5.41) is 21.6. The van der Waals surface area contributed by atoms with E-state index in [-0.39, 0.29) is 0 Å². The van der Waals surface area contributed by atoms with Gasteiger partial charge < -0.3 is 10.2 Å². The van der Waals surface area contributed by atoms with E-state index in [1.54, 1.807) is 0 Å². The number of aryl methyl sites for hydroxylation is 3. The van der Waals surface area contributed by atoms with Crippen LogP contribution in [0.1, 0.15) is 104 Å². The molecule has 2 heteroatoms. The van der Waals surface area contributed by atoms with Crippen LogP contribution < -0.4 is 0 Å². The summed E-state index contributed by atoms with van der Waals surface area (Å²) < 4.78 is 0. The van der Waals surface area contributed by atoms with Crippen molar-refractivity contribution in [3.8, 4) is 11.5 Å². The lowest BCUT2D eigenvalue weighted by molar-refractivity contribution is 0.411. The molecule has 158 valence electrons. The van der Waals surface area contributed by atoms with Gasteiger partial charge in [0.05, 0.1) is 0 Å². The van der Waals surface area contributed by atoms with E-state index in [1.807, 2.05) is 6.92 Å². The largest absolute Gasteiger partial charge is 0.507 e. The van der Waals surface area contributed by atoms with E-state index in [0.29, 0.717) is 17.4 Å². The highest BCUT2D eigenvalue weighted by molar-refractivity contribution is 5.50. The molecule has 2 aromatic carbocycles. The number of phenols is 2. The van der Waals surface area contributed by atoms with E-state index in [4.69, 9.17) is 0 Å². The third-order valence-corrected chi connectivity index (χ3v) is 6.54. The second-order valence-electron chi connectivity index (χ2n) is 9.10. The Hall–Kier alpha value is -1.96. The Morgan fingerprint density at radius 1 is 0.828 bits per heavy atom. The third kappa shape index (κ3) is 5.56. The minimum atomic E-state index is 0.446. The molecular formula is C27H38O2. The first-order chi connectivity index (χ1) is 14.0. The van der Waals surface area contributed by atoms with Gasteiger partial charge in [-0.1, -0.05) is 75.3 Å². The standard InChI is InChI=1S/C27H38O2/c1-4-5-6-8-13-23-17-21(16-20(3)26(23)28)18-24-14-19(2)15-25(27(24)29)22-11-9-7-10-12-22/h14-17,22,28-29H,4-13,18H2,1-3H3. The van der Waals surface area contributed by atoms with Crippen molar-refractivity contribution in [3.05, 3.63) is 57.6 Å². The molecule has 2 nitrogen and oxygen atoms in total. The molecular weight excluding hydrogens is 356 g/mol. The summed E-state index contributed by atoms with van der Waals surface area (Å²) in [4.78, 5) is 0. The molecule has 1 fully saturated rings. The second-order valence-corrected chi connectivity index (χ2v) is 9.10. The summed E-state index contributed by atoms with van der Waals surface area (Å²) in [5.41, 5.74) is 6.57. The fourth-order valence-electron chi connectivity index (χ4n) is 4.93. The first-order valence-corrected chi connectivity index (χ1v) is 11.6. The van der Waals surface area contributed by atoms with E-state index in [2.05, 4.69) is 38.1 Å². The van der Waals surface area contributed by atoms with Crippen molar-refractivity contribution in [1.82, 2.24) is 0 Å². The number of hydrogen-bond donors (Lipinski definition) is 2. The van der Waals surface area contributed by atoms with Gasteiger partial charge in [-0.2, -0.15) is 0 Å². The second kappa shape index (κ2) is 10.2. The highest BCUT2D eigenvalue weighted by Crippen LogP contribution is 2.40. The van der Waals surface area contributed by atoms with Gasteiger partial charge in [-0.3, -0.25) is 0 Å². The normalized spacial score (nSPS) is 15.0. The molecule has 0 bridgehead atoms. The molecule has 1 aliphatic carbocycles. The summed E-state index contributed by atoms with van der Waals surface area (Å²) in [6, 6.07) is 8.55. The summed E-state index contributed by atoms with van der Waals surface area (Å²) in [7, 11) is 0. The molecule has 3 rings (SSSR count). The van der Waals surface area contributed by atoms with E-state index in [9.17, 15) is 10.2 Å². The monoisotopic (exact) mass is 394 g/mol. The van der Waals surface area contributed by atoms with Gasteiger partial charge in [0, 0.05) is 6.42 Å². The summed E-state index contributed by atoms with van der Waals surface area (Å²) in [5.74, 6) is 1.44. The topological polar surface area (TPSA) is 40.5 Å². The van der Waals surface area contributed by atoms with Crippen molar-refractivity contribution >= 4 is 0 Å². The molecule has 2 aromatic rings. The first-order valence-electron chi connectivity index (χ1n) is 11.6. The van der Waals surface area contributed by atoms with Crippen LogP contribution in [0.25, 0.3) is 0 Å². The van der Waals surface area contributed by atoms with Crippen molar-refractivity contribution in [1.29, 1.82) is 0 Å². The number of rotatable bonds is 8. The van der Waals surface area contributed by atoms with Crippen LogP contribution in [0.3, 0.4) is 0 Å². The van der Waals surface area contributed by atoms with Gasteiger partial charge in [0.1, 0.15) is 11.5 Å². The Kier molecular flexibility index (Phi) is 7.64. The number of benzene rings is 2. The number of hydrogen-bond acceptors (Lipinski definition) is 2. The van der Waals surface area contributed by atoms with Crippen LogP contribution in [-0.2, 0) is 12.8 Å². The molecule has 2 N–H and O–H groups in total. The molecule has 0 aromatic heterocycles. The zero-order valence-electron chi connectivity index (χ0n) is 18.6. The molecule has 29 heavy (non-hydrogen) atoms. The van der Waals surface area contributed by atoms with Gasteiger partial charge in [0.2, 0.25) is 0 Å². The lowest BCUT2D eigenvalue weighted by Gasteiger charge is -2.24. The molecule has 0 aliphatic heterocycles. The average molecular weight is 395 g/mol. The maximum atomic E-state index is 11.1. The Balaban J connectivity index is 1.83. The van der Waals surface area contributed by atoms with Crippen LogP contribution in [-0.4, -0.2) is 10.2 Å². The Morgan fingerprint density at radius 3 is 2.31 bits per heavy atom. The Labute approximate surface area is 177 Å². The molecule has 0 unspecified atom stereocenters. The lowest BCUT2D eigenvalue weighted by atomic mass is 9.82. The molecule has 0 radical (unpaired) electrons. The van der Waals surface area contributed by atoms with Crippen LogP contribution in [0, 0.1) is 13.8 Å². The van der Waals surface area contributed by atoms with Gasteiger partial charge in [0.25, 0.3) is 0 Å². The highest BCUT2D eigenvalue weighted by Gasteiger charge is 2.21. The summed E-state index contributed by atoms with van der Waals surface area (Å²) >= 11 is 0. The van der Waals surface area contributed by atoms with E-state index in [0.717, 1.165) is 41.5 Å².